The van der Waals surface area contributed by atoms with E-state index in [4.69, 9.17) is 0 Å². The molecule has 0 fully saturated rings. The molecule has 0 amide bonds. The summed E-state index contributed by atoms with van der Waals surface area (Å²) >= 11 is 0. The fraction of sp³-hybridized carbons (Fsp3) is 0.0222. The summed E-state index contributed by atoms with van der Waals surface area (Å²) in [5, 5.41) is 19.2. The molecule has 2 heterocycles. The number of rotatable bonds is 10. The molecule has 0 aliphatic heterocycles. The lowest BCUT2D eigenvalue weighted by atomic mass is 9.85. The topological polar surface area (TPSA) is 44.0 Å². The minimum Gasteiger partial charge on any atom is -0.309 e. The van der Waals surface area contributed by atoms with Crippen molar-refractivity contribution < 1.29 is 9.13 Å². The summed E-state index contributed by atoms with van der Waals surface area (Å²) in [5.74, 6) is 0. The van der Waals surface area contributed by atoms with Crippen LogP contribution in [0.4, 0.5) is 0 Å². The van der Waals surface area contributed by atoms with Crippen LogP contribution in [-0.4, -0.2) is 9.13 Å². The number of hydrogen-bond acceptors (Lipinski definition) is 2. The van der Waals surface area contributed by atoms with Crippen LogP contribution in [0.3, 0.4) is 0 Å². The largest absolute Gasteiger partial charge is 0.309 e. The van der Waals surface area contributed by atoms with Crippen molar-refractivity contribution in [2.45, 2.75) is 13.8 Å². The van der Waals surface area contributed by atoms with E-state index in [1.165, 1.54) is 87.7 Å². The zero-order valence-electron chi connectivity index (χ0n) is 53.1. The van der Waals surface area contributed by atoms with Crippen LogP contribution in [0.15, 0.2) is 352 Å². The van der Waals surface area contributed by atoms with E-state index in [0.29, 0.717) is 0 Å². The van der Waals surface area contributed by atoms with Crippen molar-refractivity contribution in [3.63, 3.8) is 0 Å². The normalized spacial score (nSPS) is 11.9. The number of benzene rings is 16. The Labute approximate surface area is 558 Å². The monoisotopic (exact) mass is 1270 g/mol. The van der Waals surface area contributed by atoms with Crippen LogP contribution >= 0.6 is 14.3 Å². The molecule has 0 spiro atoms. The Balaban J connectivity index is 0.000000149. The Morgan fingerprint density at radius 2 is 0.458 bits per heavy atom. The molecular weight excluding hydrogens is 1200 g/mol. The highest BCUT2D eigenvalue weighted by molar-refractivity contribution is 7.85. The van der Waals surface area contributed by atoms with Gasteiger partial charge in [0.1, 0.15) is 0 Å². The third kappa shape index (κ3) is 9.51. The van der Waals surface area contributed by atoms with Gasteiger partial charge in [-0.2, -0.15) is 0 Å². The van der Waals surface area contributed by atoms with Crippen molar-refractivity contribution in [2.75, 3.05) is 0 Å². The molecule has 4 nitrogen and oxygen atoms in total. The summed E-state index contributed by atoms with van der Waals surface area (Å²) < 4.78 is 36.3. The first-order valence-electron chi connectivity index (χ1n) is 32.8. The minimum atomic E-state index is -3.27. The van der Waals surface area contributed by atoms with E-state index >= 15 is 9.13 Å². The van der Waals surface area contributed by atoms with Crippen LogP contribution in [0, 0.1) is 13.8 Å². The predicted molar refractivity (Wildman–Crippen MR) is 411 cm³/mol. The lowest BCUT2D eigenvalue weighted by Gasteiger charge is -2.24. The van der Waals surface area contributed by atoms with Crippen LogP contribution in [0.5, 0.6) is 0 Å². The molecule has 0 radical (unpaired) electrons. The van der Waals surface area contributed by atoms with Crippen molar-refractivity contribution in [3.8, 4) is 33.6 Å². The molecule has 0 saturated heterocycles. The number of para-hydroxylation sites is 4. The highest BCUT2D eigenvalue weighted by Gasteiger charge is 2.33. The second-order valence-corrected chi connectivity index (χ2v) is 30.5. The molecule has 16 aromatic carbocycles. The summed E-state index contributed by atoms with van der Waals surface area (Å²) in [4.78, 5) is 0. The number of aromatic nitrogens is 2. The van der Waals surface area contributed by atoms with Gasteiger partial charge in [-0.15, -0.1) is 0 Å². The molecule has 0 aliphatic carbocycles. The molecular formula is C90H64N2O2P2. The smallest absolute Gasteiger partial charge is 0.171 e. The van der Waals surface area contributed by atoms with Gasteiger partial charge in [-0.3, -0.25) is 0 Å². The van der Waals surface area contributed by atoms with E-state index in [0.717, 1.165) is 75.6 Å². The first-order chi connectivity index (χ1) is 47.3. The van der Waals surface area contributed by atoms with Crippen molar-refractivity contribution >= 4 is 133 Å². The molecule has 0 unspecified atom stereocenters. The Morgan fingerprint density at radius 1 is 0.208 bits per heavy atom. The zero-order chi connectivity index (χ0) is 64.5. The highest BCUT2D eigenvalue weighted by atomic mass is 31.2. The van der Waals surface area contributed by atoms with Gasteiger partial charge in [0.25, 0.3) is 0 Å². The van der Waals surface area contributed by atoms with E-state index in [2.05, 4.69) is 229 Å². The summed E-state index contributed by atoms with van der Waals surface area (Å²) in [6.45, 7) is 4.56. The van der Waals surface area contributed by atoms with E-state index in [1.54, 1.807) is 0 Å². The fourth-order valence-corrected chi connectivity index (χ4v) is 20.5. The maximum atomic E-state index is 15.7. The number of hydrogen-bond donors (Lipinski definition) is 0. The number of fused-ring (bicyclic) bond motifs is 12. The number of aryl methyl sites for hydroxylation is 2. The summed E-state index contributed by atoms with van der Waals surface area (Å²) in [6.07, 6.45) is 0. The first kappa shape index (κ1) is 58.4. The standard InChI is InChI=1S/C50H36O2P2.C40H28N2/c51-53(39-23-11-3-12-24-39,40-25-13-4-14-26-40)43-31-33-45-46-34-32-44(54(52,41-27-15-5-16-28-41)42-29-17-6-18-30-42)36-48(46)50(38-21-9-2-10-22-38)49(47(45)35-43)37-19-7-1-8-20-37;1-25-26(2)36-24-28(42-39-17-9-5-13-33(39)34-14-6-10-18-40(34)42)20-22-30(36)29-21-19-27(23-35(25)29)41-37-15-7-3-11-31(37)32-12-4-8-16-38(32)41/h1-36H;3-24H,1-2H3. The van der Waals surface area contributed by atoms with Gasteiger partial charge in [-0.1, -0.05) is 291 Å². The van der Waals surface area contributed by atoms with Crippen LogP contribution in [0.1, 0.15) is 11.1 Å². The fourth-order valence-electron chi connectivity index (χ4n) is 15.1. The molecule has 2 aromatic heterocycles. The van der Waals surface area contributed by atoms with Crippen LogP contribution < -0.4 is 31.8 Å². The lowest BCUT2D eigenvalue weighted by molar-refractivity contribution is 0.591. The van der Waals surface area contributed by atoms with Gasteiger partial charge >= 0.3 is 0 Å². The molecule has 6 heteroatoms. The maximum absolute atomic E-state index is 15.7. The molecule has 0 bridgehead atoms. The number of nitrogens with zero attached hydrogens (tertiary/aromatic N) is 2. The maximum Gasteiger partial charge on any atom is 0.171 e. The van der Waals surface area contributed by atoms with Crippen molar-refractivity contribution in [2.24, 2.45) is 0 Å². The molecule has 0 saturated carbocycles. The van der Waals surface area contributed by atoms with Crippen molar-refractivity contribution in [1.82, 2.24) is 9.13 Å². The molecule has 0 aliphatic rings. The molecule has 96 heavy (non-hydrogen) atoms. The Kier molecular flexibility index (Phi) is 14.5. The van der Waals surface area contributed by atoms with Crippen molar-refractivity contribution in [3.05, 3.63) is 363 Å². The van der Waals surface area contributed by atoms with Crippen LogP contribution in [-0.2, 0) is 9.13 Å². The van der Waals surface area contributed by atoms with Gasteiger partial charge in [-0.25, -0.2) is 0 Å². The highest BCUT2D eigenvalue weighted by Crippen LogP contribution is 2.50. The predicted octanol–water partition coefficient (Wildman–Crippen LogP) is 21.4. The Bertz CT molecular complexity index is 5570. The molecule has 18 aromatic rings. The lowest BCUT2D eigenvalue weighted by Crippen LogP contribution is -2.25. The van der Waals surface area contributed by atoms with E-state index in [9.17, 15) is 0 Å². The van der Waals surface area contributed by atoms with Gasteiger partial charge in [0.15, 0.2) is 14.3 Å². The summed E-state index contributed by atoms with van der Waals surface area (Å²) in [6, 6.07) is 122. The average Bonchev–Trinajstić information content (AvgIpc) is 1.36. The van der Waals surface area contributed by atoms with Crippen molar-refractivity contribution in [1.29, 1.82) is 0 Å². The molecule has 456 valence electrons. The van der Waals surface area contributed by atoms with Gasteiger partial charge in [0.05, 0.1) is 22.1 Å². The third-order valence-electron chi connectivity index (χ3n) is 19.8. The van der Waals surface area contributed by atoms with Crippen LogP contribution in [0.25, 0.3) is 120 Å². The Morgan fingerprint density at radius 3 is 0.760 bits per heavy atom. The third-order valence-corrected chi connectivity index (χ3v) is 25.9. The van der Waals surface area contributed by atoms with E-state index < -0.39 is 14.3 Å². The minimum absolute atomic E-state index is 0.775. The zero-order valence-corrected chi connectivity index (χ0v) is 54.9. The summed E-state index contributed by atoms with van der Waals surface area (Å²) in [5.41, 5.74) is 14.2. The second kappa shape index (κ2) is 23.9. The van der Waals surface area contributed by atoms with Gasteiger partial charge in [0.2, 0.25) is 0 Å². The molecule has 18 rings (SSSR count). The van der Waals surface area contributed by atoms with Crippen LogP contribution in [0.2, 0.25) is 0 Å². The van der Waals surface area contributed by atoms with Gasteiger partial charge < -0.3 is 18.3 Å². The average molecular weight is 1270 g/mol. The summed E-state index contributed by atoms with van der Waals surface area (Å²) in [7, 11) is -6.55. The molecule has 0 atom stereocenters. The second-order valence-electron chi connectivity index (χ2n) is 25.0. The van der Waals surface area contributed by atoms with Gasteiger partial charge in [0, 0.05) is 64.7 Å². The van der Waals surface area contributed by atoms with Gasteiger partial charge in [-0.05, 0) is 151 Å². The van der Waals surface area contributed by atoms with E-state index in [1.807, 2.05) is 146 Å². The van der Waals surface area contributed by atoms with E-state index in [-0.39, 0.29) is 0 Å². The first-order valence-corrected chi connectivity index (χ1v) is 36.2. The molecule has 0 N–H and O–H groups in total. The quantitative estimate of drug-likeness (QED) is 0.101. The Hall–Kier alpha value is -11.4. The SMILES string of the molecule is Cc1c(C)c2cc(-n3c4ccccc4c4ccccc43)ccc2c2ccc(-n3c4ccccc4c4ccccc43)cc12.O=P(c1ccccc1)(c1ccccc1)c1ccc2c(c1)c(-c1ccccc1)c(-c1ccccc1)c1cc(P(=O)(c3ccccc3)c3ccccc3)ccc12.